The van der Waals surface area contributed by atoms with Crippen LogP contribution in [0.4, 0.5) is 5.69 Å². The highest BCUT2D eigenvalue weighted by molar-refractivity contribution is 7.91. The number of hydrogen-bond acceptors (Lipinski definition) is 6. The largest absolute Gasteiger partial charge is 0.350 e. The van der Waals surface area contributed by atoms with E-state index in [0.717, 1.165) is 0 Å². The highest BCUT2D eigenvalue weighted by Crippen LogP contribution is 2.32. The summed E-state index contributed by atoms with van der Waals surface area (Å²) in [7, 11) is -3.79. The minimum Gasteiger partial charge on any atom is -0.350 e. The zero-order chi connectivity index (χ0) is 21.0. The number of non-ortho nitro benzene ring substituents is 1. The van der Waals surface area contributed by atoms with Crippen LogP contribution in [0.3, 0.4) is 0 Å². The smallest absolute Gasteiger partial charge is 0.269 e. The third kappa shape index (κ3) is 4.81. The number of nitro groups is 1. The van der Waals surface area contributed by atoms with Crippen LogP contribution < -0.4 is 5.32 Å². The number of carbonyl (C=O) groups excluding carboxylic acids is 1. The summed E-state index contributed by atoms with van der Waals surface area (Å²) in [6.07, 6.45) is 0. The van der Waals surface area contributed by atoms with Crippen molar-refractivity contribution in [2.75, 3.05) is 6.54 Å². The lowest BCUT2D eigenvalue weighted by Crippen LogP contribution is -2.31. The molecule has 0 radical (unpaired) electrons. The summed E-state index contributed by atoms with van der Waals surface area (Å²) in [4.78, 5) is 23.3. The number of sulfone groups is 1. The molecule has 0 aliphatic carbocycles. The molecule has 0 aliphatic heterocycles. The maximum atomic E-state index is 13.1. The van der Waals surface area contributed by atoms with Gasteiger partial charge in [0, 0.05) is 34.1 Å². The van der Waals surface area contributed by atoms with Crippen LogP contribution in [-0.4, -0.2) is 25.8 Å². The molecule has 10 heteroatoms. The first-order chi connectivity index (χ1) is 13.8. The number of nitrogens with zero attached hydrogens (tertiary/aromatic N) is 1. The number of amides is 1. The summed E-state index contributed by atoms with van der Waals surface area (Å²) >= 11 is 7.13. The van der Waals surface area contributed by atoms with Crippen LogP contribution >= 0.6 is 22.9 Å². The van der Waals surface area contributed by atoms with E-state index in [0.29, 0.717) is 9.90 Å². The number of rotatable bonds is 7. The van der Waals surface area contributed by atoms with E-state index < -0.39 is 25.9 Å². The third-order valence-corrected chi connectivity index (χ3v) is 7.65. The van der Waals surface area contributed by atoms with Gasteiger partial charge in [0.2, 0.25) is 0 Å². The first kappa shape index (κ1) is 21.0. The fourth-order valence-electron chi connectivity index (χ4n) is 2.65. The molecule has 29 heavy (non-hydrogen) atoms. The summed E-state index contributed by atoms with van der Waals surface area (Å²) in [6.45, 7) is -0.151. The van der Waals surface area contributed by atoms with Crippen molar-refractivity contribution < 1.29 is 18.1 Å². The summed E-state index contributed by atoms with van der Waals surface area (Å²) in [5, 5.41) is 14.5. The molecular formula is C19H15ClN2O5S2. The molecule has 3 rings (SSSR count). The number of benzene rings is 2. The highest BCUT2D eigenvalue weighted by atomic mass is 35.5. The van der Waals surface area contributed by atoms with Crippen molar-refractivity contribution in [3.05, 3.63) is 91.6 Å². The molecular weight excluding hydrogens is 436 g/mol. The average molecular weight is 451 g/mol. The Bertz CT molecular complexity index is 1110. The lowest BCUT2D eigenvalue weighted by Gasteiger charge is -2.17. The SMILES string of the molecule is O=C(NC[C@H](c1cccs1)S(=O)(=O)c1ccc(Cl)cc1)c1ccc([N+](=O)[O-])cc1. The predicted octanol–water partition coefficient (Wildman–Crippen LogP) is 4.25. The summed E-state index contributed by atoms with van der Waals surface area (Å²) in [5.74, 6) is -0.521. The van der Waals surface area contributed by atoms with E-state index in [4.69, 9.17) is 11.6 Å². The van der Waals surface area contributed by atoms with Gasteiger partial charge in [-0.3, -0.25) is 14.9 Å². The molecule has 0 unspecified atom stereocenters. The van der Waals surface area contributed by atoms with Crippen LogP contribution in [0.1, 0.15) is 20.5 Å². The molecule has 1 aromatic heterocycles. The van der Waals surface area contributed by atoms with Crippen LogP contribution in [-0.2, 0) is 9.84 Å². The van der Waals surface area contributed by atoms with Crippen LogP contribution in [0, 0.1) is 10.1 Å². The normalized spacial score (nSPS) is 12.3. The average Bonchev–Trinajstić information content (AvgIpc) is 3.22. The van der Waals surface area contributed by atoms with E-state index in [9.17, 15) is 23.3 Å². The van der Waals surface area contributed by atoms with Gasteiger partial charge >= 0.3 is 0 Å². The van der Waals surface area contributed by atoms with E-state index in [1.165, 1.54) is 59.9 Å². The zero-order valence-corrected chi connectivity index (χ0v) is 17.2. The molecule has 1 amide bonds. The second kappa shape index (κ2) is 8.73. The van der Waals surface area contributed by atoms with Gasteiger partial charge in [-0.25, -0.2) is 8.42 Å². The quantitative estimate of drug-likeness (QED) is 0.427. The van der Waals surface area contributed by atoms with Crippen LogP contribution in [0.15, 0.2) is 70.9 Å². The number of nitro benzene ring substituents is 1. The molecule has 0 aliphatic rings. The number of carbonyl (C=O) groups is 1. The summed E-state index contributed by atoms with van der Waals surface area (Å²) < 4.78 is 26.3. The van der Waals surface area contributed by atoms with Gasteiger partial charge < -0.3 is 5.32 Å². The molecule has 0 saturated heterocycles. The summed E-state index contributed by atoms with van der Waals surface area (Å²) in [5.41, 5.74) is 0.0627. The predicted molar refractivity (Wildman–Crippen MR) is 111 cm³/mol. The number of hydrogen-bond donors (Lipinski definition) is 1. The van der Waals surface area contributed by atoms with Gasteiger partial charge in [0.05, 0.1) is 9.82 Å². The van der Waals surface area contributed by atoms with E-state index in [-0.39, 0.29) is 22.7 Å². The van der Waals surface area contributed by atoms with Gasteiger partial charge in [0.15, 0.2) is 9.84 Å². The lowest BCUT2D eigenvalue weighted by molar-refractivity contribution is -0.384. The maximum Gasteiger partial charge on any atom is 0.269 e. The first-order valence-corrected chi connectivity index (χ1v) is 11.1. The Morgan fingerprint density at radius 2 is 1.76 bits per heavy atom. The van der Waals surface area contributed by atoms with Crippen molar-refractivity contribution in [3.8, 4) is 0 Å². The molecule has 1 N–H and O–H groups in total. The second-order valence-corrected chi connectivity index (χ2v) is 9.56. The van der Waals surface area contributed by atoms with Crippen molar-refractivity contribution in [1.29, 1.82) is 0 Å². The third-order valence-electron chi connectivity index (χ3n) is 4.17. The van der Waals surface area contributed by atoms with Crippen molar-refractivity contribution >= 4 is 44.4 Å². The number of halogens is 1. The Hall–Kier alpha value is -2.75. The monoisotopic (exact) mass is 450 g/mol. The molecule has 0 saturated carbocycles. The van der Waals surface area contributed by atoms with Crippen LogP contribution in [0.5, 0.6) is 0 Å². The van der Waals surface area contributed by atoms with Crippen LogP contribution in [0.2, 0.25) is 5.02 Å². The Balaban J connectivity index is 1.82. The molecule has 0 bridgehead atoms. The minimum atomic E-state index is -3.79. The lowest BCUT2D eigenvalue weighted by atomic mass is 10.2. The standard InChI is InChI=1S/C19H15ClN2O5S2/c20-14-5-9-16(10-6-14)29(26,27)18(17-2-1-11-28-17)12-21-19(23)13-3-7-15(8-4-13)22(24)25/h1-11,18H,12H2,(H,21,23)/t18-/m1/s1. The van der Waals surface area contributed by atoms with Gasteiger partial charge in [0.25, 0.3) is 11.6 Å². The van der Waals surface area contributed by atoms with Crippen molar-refractivity contribution in [3.63, 3.8) is 0 Å². The fraction of sp³-hybridized carbons (Fsp3) is 0.105. The van der Waals surface area contributed by atoms with E-state index in [2.05, 4.69) is 5.32 Å². The number of thiophene rings is 1. The van der Waals surface area contributed by atoms with E-state index in [1.807, 2.05) is 0 Å². The van der Waals surface area contributed by atoms with Crippen molar-refractivity contribution in [2.24, 2.45) is 0 Å². The van der Waals surface area contributed by atoms with Crippen molar-refractivity contribution in [1.82, 2.24) is 5.32 Å². The highest BCUT2D eigenvalue weighted by Gasteiger charge is 2.30. The molecule has 7 nitrogen and oxygen atoms in total. The molecule has 2 aromatic carbocycles. The number of nitrogens with one attached hydrogen (secondary N) is 1. The molecule has 0 fully saturated rings. The fourth-order valence-corrected chi connectivity index (χ4v) is 5.56. The molecule has 3 aromatic rings. The molecule has 1 atom stereocenters. The Morgan fingerprint density at radius 1 is 1.10 bits per heavy atom. The second-order valence-electron chi connectivity index (χ2n) is 6.02. The van der Waals surface area contributed by atoms with Crippen LogP contribution in [0.25, 0.3) is 0 Å². The molecule has 1 heterocycles. The van der Waals surface area contributed by atoms with Crippen molar-refractivity contribution in [2.45, 2.75) is 10.1 Å². The minimum absolute atomic E-state index is 0.102. The van der Waals surface area contributed by atoms with Gasteiger partial charge in [-0.1, -0.05) is 17.7 Å². The summed E-state index contributed by atoms with van der Waals surface area (Å²) in [6, 6.07) is 14.4. The Morgan fingerprint density at radius 3 is 2.31 bits per heavy atom. The zero-order valence-electron chi connectivity index (χ0n) is 14.8. The van der Waals surface area contributed by atoms with E-state index >= 15 is 0 Å². The molecule has 0 spiro atoms. The van der Waals surface area contributed by atoms with Gasteiger partial charge in [-0.05, 0) is 47.8 Å². The topological polar surface area (TPSA) is 106 Å². The van der Waals surface area contributed by atoms with Gasteiger partial charge in [-0.2, -0.15) is 0 Å². The molecule has 150 valence electrons. The van der Waals surface area contributed by atoms with Gasteiger partial charge in [-0.15, -0.1) is 11.3 Å². The first-order valence-electron chi connectivity index (χ1n) is 8.34. The van der Waals surface area contributed by atoms with E-state index in [1.54, 1.807) is 17.5 Å². The Labute approximate surface area is 176 Å². The van der Waals surface area contributed by atoms with Gasteiger partial charge in [0.1, 0.15) is 5.25 Å². The maximum absolute atomic E-state index is 13.1. The Kier molecular flexibility index (Phi) is 6.31.